The van der Waals surface area contributed by atoms with Gasteiger partial charge in [-0.05, 0) is 12.1 Å². The summed E-state index contributed by atoms with van der Waals surface area (Å²) in [6.45, 7) is 4.00. The van der Waals surface area contributed by atoms with Gasteiger partial charge in [-0.2, -0.15) is 0 Å². The zero-order chi connectivity index (χ0) is 8.69. The number of hydrogen-bond acceptors (Lipinski definition) is 2. The van der Waals surface area contributed by atoms with E-state index in [1.807, 2.05) is 13.8 Å². The normalized spacial score (nSPS) is 7.82. The molecule has 0 amide bonds. The minimum Gasteiger partial charge on any atom is -0.382 e. The molecule has 0 bridgehead atoms. The van der Waals surface area contributed by atoms with Crippen LogP contribution in [0.1, 0.15) is 19.5 Å². The molecule has 0 unspecified atom stereocenters. The maximum Gasteiger partial charge on any atom is 0.141 e. The highest BCUT2D eigenvalue weighted by atomic mass is 14.8. The van der Waals surface area contributed by atoms with Gasteiger partial charge in [0.15, 0.2) is 0 Å². The molecule has 1 heterocycles. The number of nitrogens with one attached hydrogen (secondary N) is 1. The van der Waals surface area contributed by atoms with Gasteiger partial charge in [-0.15, -0.1) is 0 Å². The van der Waals surface area contributed by atoms with E-state index in [9.17, 15) is 0 Å². The molecular weight excluding hydrogens is 138 g/mol. The van der Waals surface area contributed by atoms with Crippen molar-refractivity contribution in [3.05, 3.63) is 30.1 Å². The number of pyridine rings is 1. The predicted octanol–water partition coefficient (Wildman–Crippen LogP) is 1.39. The summed E-state index contributed by atoms with van der Waals surface area (Å²) in [6.07, 6.45) is 1.61. The van der Waals surface area contributed by atoms with Crippen molar-refractivity contribution in [2.75, 3.05) is 0 Å². The number of nitrogen functional groups attached to an aromatic ring is 1. The second-order valence-corrected chi connectivity index (χ2v) is 1.63. The summed E-state index contributed by atoms with van der Waals surface area (Å²) in [5, 5.41) is 6.95. The molecule has 0 radical (unpaired) electrons. The molecule has 0 aliphatic heterocycles. The maximum atomic E-state index is 6.95. The van der Waals surface area contributed by atoms with Gasteiger partial charge in [0.2, 0.25) is 0 Å². The molecule has 0 aliphatic carbocycles. The van der Waals surface area contributed by atoms with Crippen molar-refractivity contribution in [3.8, 4) is 0 Å². The largest absolute Gasteiger partial charge is 0.382 e. The van der Waals surface area contributed by atoms with E-state index >= 15 is 0 Å². The maximum absolute atomic E-state index is 6.95. The summed E-state index contributed by atoms with van der Waals surface area (Å²) in [5.41, 5.74) is 5.66. The number of rotatable bonds is 1. The highest BCUT2D eigenvalue weighted by Gasteiger charge is 1.91. The van der Waals surface area contributed by atoms with Crippen LogP contribution >= 0.6 is 0 Å². The molecule has 60 valence electrons. The monoisotopic (exact) mass is 151 g/mol. The van der Waals surface area contributed by atoms with E-state index in [0.29, 0.717) is 5.69 Å². The van der Waals surface area contributed by atoms with Crippen LogP contribution in [0.25, 0.3) is 0 Å². The van der Waals surface area contributed by atoms with Crippen LogP contribution in [0.4, 0.5) is 0 Å². The molecule has 0 atom stereocenters. The Morgan fingerprint density at radius 3 is 2.36 bits per heavy atom. The Bertz CT molecular complexity index is 206. The van der Waals surface area contributed by atoms with E-state index in [4.69, 9.17) is 11.1 Å². The van der Waals surface area contributed by atoms with Gasteiger partial charge in [0, 0.05) is 6.20 Å². The second-order valence-electron chi connectivity index (χ2n) is 1.63. The lowest BCUT2D eigenvalue weighted by molar-refractivity contribution is 1.26. The SMILES string of the molecule is CC.N=C(N)c1ccccn1. The fourth-order valence-electron chi connectivity index (χ4n) is 0.522. The molecule has 0 saturated carbocycles. The number of hydrogen-bond donors (Lipinski definition) is 2. The van der Waals surface area contributed by atoms with Crippen LogP contribution in [0.5, 0.6) is 0 Å². The van der Waals surface area contributed by atoms with E-state index in [2.05, 4.69) is 4.98 Å². The zero-order valence-corrected chi connectivity index (χ0v) is 6.83. The van der Waals surface area contributed by atoms with Gasteiger partial charge in [-0.1, -0.05) is 19.9 Å². The first-order chi connectivity index (χ1) is 5.30. The van der Waals surface area contributed by atoms with Crippen LogP contribution in [0.3, 0.4) is 0 Å². The van der Waals surface area contributed by atoms with E-state index in [0.717, 1.165) is 0 Å². The third kappa shape index (κ3) is 3.35. The van der Waals surface area contributed by atoms with Gasteiger partial charge in [0.05, 0.1) is 0 Å². The molecule has 0 fully saturated rings. The van der Waals surface area contributed by atoms with Crippen molar-refractivity contribution in [1.82, 2.24) is 4.98 Å². The summed E-state index contributed by atoms with van der Waals surface area (Å²) in [5.74, 6) is 0.00981. The minimum atomic E-state index is 0.00981. The van der Waals surface area contributed by atoms with E-state index < -0.39 is 0 Å². The van der Waals surface area contributed by atoms with Crippen LogP contribution in [0.15, 0.2) is 24.4 Å². The van der Waals surface area contributed by atoms with Crippen molar-refractivity contribution in [2.45, 2.75) is 13.8 Å². The van der Waals surface area contributed by atoms with Crippen LogP contribution < -0.4 is 5.73 Å². The van der Waals surface area contributed by atoms with Crippen LogP contribution in [-0.2, 0) is 0 Å². The van der Waals surface area contributed by atoms with Crippen LogP contribution in [-0.4, -0.2) is 10.8 Å². The third-order valence-electron chi connectivity index (χ3n) is 0.941. The van der Waals surface area contributed by atoms with Crippen molar-refractivity contribution >= 4 is 5.84 Å². The summed E-state index contributed by atoms with van der Waals surface area (Å²) in [7, 11) is 0. The Balaban J connectivity index is 0.000000461. The summed E-state index contributed by atoms with van der Waals surface area (Å²) < 4.78 is 0. The predicted molar refractivity (Wildman–Crippen MR) is 46.6 cm³/mol. The summed E-state index contributed by atoms with van der Waals surface area (Å²) >= 11 is 0. The molecule has 3 heteroatoms. The van der Waals surface area contributed by atoms with Gasteiger partial charge in [0.1, 0.15) is 11.5 Å². The van der Waals surface area contributed by atoms with Crippen molar-refractivity contribution in [3.63, 3.8) is 0 Å². The van der Waals surface area contributed by atoms with E-state index in [1.54, 1.807) is 24.4 Å². The smallest absolute Gasteiger partial charge is 0.141 e. The highest BCUT2D eigenvalue weighted by Crippen LogP contribution is 1.88. The average Bonchev–Trinajstić information content (AvgIpc) is 2.10. The quantitative estimate of drug-likeness (QED) is 0.470. The van der Waals surface area contributed by atoms with Crippen LogP contribution in [0.2, 0.25) is 0 Å². The molecule has 11 heavy (non-hydrogen) atoms. The van der Waals surface area contributed by atoms with Crippen molar-refractivity contribution < 1.29 is 0 Å². The number of amidine groups is 1. The van der Waals surface area contributed by atoms with Crippen LogP contribution in [0, 0.1) is 5.41 Å². The first-order valence-corrected chi connectivity index (χ1v) is 3.56. The molecular formula is C8H13N3. The lowest BCUT2D eigenvalue weighted by atomic mass is 10.3. The number of aromatic nitrogens is 1. The van der Waals surface area contributed by atoms with Gasteiger partial charge in [-0.25, -0.2) is 0 Å². The lowest BCUT2D eigenvalue weighted by Gasteiger charge is -1.91. The Labute approximate surface area is 66.8 Å². The van der Waals surface area contributed by atoms with E-state index in [1.165, 1.54) is 0 Å². The fraction of sp³-hybridized carbons (Fsp3) is 0.250. The summed E-state index contributed by atoms with van der Waals surface area (Å²) in [4.78, 5) is 3.83. The highest BCUT2D eigenvalue weighted by molar-refractivity contribution is 5.92. The number of nitrogens with zero attached hydrogens (tertiary/aromatic N) is 1. The molecule has 3 N–H and O–H groups in total. The molecule has 1 aromatic rings. The zero-order valence-electron chi connectivity index (χ0n) is 6.83. The number of nitrogens with two attached hydrogens (primary N) is 1. The van der Waals surface area contributed by atoms with Gasteiger partial charge >= 0.3 is 0 Å². The third-order valence-corrected chi connectivity index (χ3v) is 0.941. The first kappa shape index (κ1) is 9.62. The Hall–Kier alpha value is -1.38. The topological polar surface area (TPSA) is 62.8 Å². The second kappa shape index (κ2) is 5.41. The fourth-order valence-corrected chi connectivity index (χ4v) is 0.522. The van der Waals surface area contributed by atoms with Gasteiger partial charge < -0.3 is 5.73 Å². The molecule has 0 spiro atoms. The van der Waals surface area contributed by atoms with E-state index in [-0.39, 0.29) is 5.84 Å². The van der Waals surface area contributed by atoms with Crippen molar-refractivity contribution in [2.24, 2.45) is 5.73 Å². The molecule has 0 aromatic carbocycles. The van der Waals surface area contributed by atoms with Gasteiger partial charge in [0.25, 0.3) is 0 Å². The molecule has 0 saturated heterocycles. The Morgan fingerprint density at radius 1 is 1.45 bits per heavy atom. The molecule has 1 aromatic heterocycles. The standard InChI is InChI=1S/C6H7N3.C2H6/c7-6(8)5-3-1-2-4-9-5;1-2/h1-4H,(H3,7,8);1-2H3. The first-order valence-electron chi connectivity index (χ1n) is 3.56. The summed E-state index contributed by atoms with van der Waals surface area (Å²) in [6, 6.07) is 5.28. The molecule has 0 aliphatic rings. The van der Waals surface area contributed by atoms with Crippen molar-refractivity contribution in [1.29, 1.82) is 5.41 Å². The molecule has 1 rings (SSSR count). The van der Waals surface area contributed by atoms with Gasteiger partial charge in [-0.3, -0.25) is 10.4 Å². The average molecular weight is 151 g/mol. The molecule has 3 nitrogen and oxygen atoms in total. The Kier molecular flexibility index (Phi) is 4.73. The Morgan fingerprint density at radius 2 is 2.09 bits per heavy atom. The minimum absolute atomic E-state index is 0.00981. The lowest BCUT2D eigenvalue weighted by Crippen LogP contribution is -2.12.